The van der Waals surface area contributed by atoms with E-state index >= 15 is 0 Å². The lowest BCUT2D eigenvalue weighted by Crippen LogP contribution is -2.13. The van der Waals surface area contributed by atoms with Gasteiger partial charge in [-0.3, -0.25) is 15.1 Å². The minimum absolute atomic E-state index is 0.156. The zero-order valence-corrected chi connectivity index (χ0v) is 12.9. The molecule has 1 aliphatic rings. The van der Waals surface area contributed by atoms with E-state index in [1.165, 1.54) is 11.3 Å². The summed E-state index contributed by atoms with van der Waals surface area (Å²) in [6, 6.07) is 9.67. The Hall–Kier alpha value is -2.34. The van der Waals surface area contributed by atoms with Gasteiger partial charge in [0.1, 0.15) is 5.01 Å². The van der Waals surface area contributed by atoms with Gasteiger partial charge in [-0.25, -0.2) is 0 Å². The molecular formula is C16H14N4OS. The fraction of sp³-hybridized carbons (Fsp3) is 0.250. The van der Waals surface area contributed by atoms with Gasteiger partial charge in [0, 0.05) is 17.0 Å². The molecule has 6 heteroatoms. The number of nitrogens with zero attached hydrogens (tertiary/aromatic N) is 3. The molecule has 1 aromatic carbocycles. The van der Waals surface area contributed by atoms with Crippen molar-refractivity contribution in [3.05, 3.63) is 46.6 Å². The Balaban J connectivity index is 1.77. The first kappa shape index (κ1) is 13.3. The number of para-hydroxylation sites is 1. The van der Waals surface area contributed by atoms with E-state index in [9.17, 15) is 4.79 Å². The molecule has 1 amide bonds. The summed E-state index contributed by atoms with van der Waals surface area (Å²) in [5.74, 6) is 0.344. The van der Waals surface area contributed by atoms with Gasteiger partial charge < -0.3 is 0 Å². The van der Waals surface area contributed by atoms with Gasteiger partial charge in [0.15, 0.2) is 0 Å². The summed E-state index contributed by atoms with van der Waals surface area (Å²) < 4.78 is 0. The standard InChI is InChI=1S/C16H14N4OS/c1-9-19-20-16(22-9)18-15(21)12-8-14(10-6-7-10)17-13-5-3-2-4-11(12)13/h2-5,8,10H,6-7H2,1H3,(H,18,20,21). The maximum Gasteiger partial charge on any atom is 0.258 e. The lowest BCUT2D eigenvalue weighted by atomic mass is 10.1. The molecule has 0 aliphatic heterocycles. The van der Waals surface area contributed by atoms with Crippen molar-refractivity contribution in [3.63, 3.8) is 0 Å². The predicted molar refractivity (Wildman–Crippen MR) is 86.3 cm³/mol. The van der Waals surface area contributed by atoms with Gasteiger partial charge in [0.2, 0.25) is 5.13 Å². The molecule has 4 rings (SSSR count). The first-order chi connectivity index (χ1) is 10.7. The molecule has 1 N–H and O–H groups in total. The SMILES string of the molecule is Cc1nnc(NC(=O)c2cc(C3CC3)nc3ccccc23)s1. The van der Waals surface area contributed by atoms with Crippen molar-refractivity contribution in [3.8, 4) is 0 Å². The van der Waals surface area contributed by atoms with Crippen LogP contribution in [0.25, 0.3) is 10.9 Å². The predicted octanol–water partition coefficient (Wildman–Crippen LogP) is 3.52. The number of hydrogen-bond acceptors (Lipinski definition) is 5. The summed E-state index contributed by atoms with van der Waals surface area (Å²) in [5, 5.41) is 12.9. The zero-order valence-electron chi connectivity index (χ0n) is 12.0. The molecule has 2 heterocycles. The molecule has 0 atom stereocenters. The zero-order chi connectivity index (χ0) is 15.1. The lowest BCUT2D eigenvalue weighted by Gasteiger charge is -2.08. The molecule has 5 nitrogen and oxygen atoms in total. The molecule has 110 valence electrons. The van der Waals surface area contributed by atoms with Crippen molar-refractivity contribution in [2.24, 2.45) is 0 Å². The van der Waals surface area contributed by atoms with E-state index in [0.717, 1.165) is 34.4 Å². The monoisotopic (exact) mass is 310 g/mol. The van der Waals surface area contributed by atoms with Crippen LogP contribution < -0.4 is 5.32 Å². The molecule has 0 bridgehead atoms. The van der Waals surface area contributed by atoms with E-state index < -0.39 is 0 Å². The van der Waals surface area contributed by atoms with E-state index in [-0.39, 0.29) is 5.91 Å². The van der Waals surface area contributed by atoms with Crippen molar-refractivity contribution >= 4 is 33.3 Å². The minimum Gasteiger partial charge on any atom is -0.296 e. The number of nitrogens with one attached hydrogen (secondary N) is 1. The fourth-order valence-electron chi connectivity index (χ4n) is 2.48. The van der Waals surface area contributed by atoms with Gasteiger partial charge in [-0.05, 0) is 31.9 Å². The number of fused-ring (bicyclic) bond motifs is 1. The Morgan fingerprint density at radius 3 is 2.82 bits per heavy atom. The van der Waals surface area contributed by atoms with E-state index in [0.29, 0.717) is 16.6 Å². The summed E-state index contributed by atoms with van der Waals surface area (Å²) in [6.07, 6.45) is 2.31. The number of rotatable bonds is 3. The third kappa shape index (κ3) is 2.46. The minimum atomic E-state index is -0.156. The van der Waals surface area contributed by atoms with Crippen LogP contribution in [-0.2, 0) is 0 Å². The van der Waals surface area contributed by atoms with Crippen LogP contribution in [0.5, 0.6) is 0 Å². The Bertz CT molecular complexity index is 869. The third-order valence-corrected chi connectivity index (χ3v) is 4.48. The normalized spacial score (nSPS) is 14.2. The molecule has 22 heavy (non-hydrogen) atoms. The highest BCUT2D eigenvalue weighted by atomic mass is 32.1. The van der Waals surface area contributed by atoms with Gasteiger partial charge in [-0.1, -0.05) is 29.5 Å². The lowest BCUT2D eigenvalue weighted by molar-refractivity contribution is 0.102. The van der Waals surface area contributed by atoms with Gasteiger partial charge in [0.25, 0.3) is 5.91 Å². The van der Waals surface area contributed by atoms with E-state index in [1.54, 1.807) is 0 Å². The maximum absolute atomic E-state index is 12.6. The van der Waals surface area contributed by atoms with Crippen LogP contribution in [0.1, 0.15) is 39.8 Å². The largest absolute Gasteiger partial charge is 0.296 e. The Labute approximate surface area is 131 Å². The highest BCUT2D eigenvalue weighted by Crippen LogP contribution is 2.40. The van der Waals surface area contributed by atoms with E-state index in [2.05, 4.69) is 20.5 Å². The topological polar surface area (TPSA) is 67.8 Å². The highest BCUT2D eigenvalue weighted by Gasteiger charge is 2.27. The van der Waals surface area contributed by atoms with Crippen molar-refractivity contribution in [1.82, 2.24) is 15.2 Å². The second kappa shape index (κ2) is 5.14. The van der Waals surface area contributed by atoms with Crippen molar-refractivity contribution in [2.75, 3.05) is 5.32 Å². The molecule has 0 unspecified atom stereocenters. The molecule has 0 radical (unpaired) electrons. The van der Waals surface area contributed by atoms with Crippen LogP contribution in [0.15, 0.2) is 30.3 Å². The fourth-order valence-corrected chi connectivity index (χ4v) is 3.07. The third-order valence-electron chi connectivity index (χ3n) is 3.72. The summed E-state index contributed by atoms with van der Waals surface area (Å²) in [5.41, 5.74) is 2.53. The molecule has 2 aromatic heterocycles. The van der Waals surface area contributed by atoms with Crippen LogP contribution in [0, 0.1) is 6.92 Å². The van der Waals surface area contributed by atoms with Crippen LogP contribution in [-0.4, -0.2) is 21.1 Å². The van der Waals surface area contributed by atoms with Crippen molar-refractivity contribution in [2.45, 2.75) is 25.7 Å². The van der Waals surface area contributed by atoms with Gasteiger partial charge in [0.05, 0.1) is 11.1 Å². The molecule has 0 spiro atoms. The molecule has 1 fully saturated rings. The molecular weight excluding hydrogens is 296 g/mol. The molecule has 3 aromatic rings. The molecule has 0 saturated heterocycles. The summed E-state index contributed by atoms with van der Waals surface area (Å²) >= 11 is 1.37. The van der Waals surface area contributed by atoms with E-state index in [1.807, 2.05) is 37.3 Å². The number of aromatic nitrogens is 3. The highest BCUT2D eigenvalue weighted by molar-refractivity contribution is 7.15. The van der Waals surface area contributed by atoms with Gasteiger partial charge in [-0.15, -0.1) is 10.2 Å². The summed E-state index contributed by atoms with van der Waals surface area (Å²) in [6.45, 7) is 1.86. The van der Waals surface area contributed by atoms with Crippen molar-refractivity contribution < 1.29 is 4.79 Å². The number of amides is 1. The van der Waals surface area contributed by atoms with Crippen LogP contribution in [0.3, 0.4) is 0 Å². The molecule has 1 aliphatic carbocycles. The Morgan fingerprint density at radius 2 is 2.09 bits per heavy atom. The first-order valence-electron chi connectivity index (χ1n) is 7.22. The maximum atomic E-state index is 12.6. The second-order valence-corrected chi connectivity index (χ2v) is 6.65. The quantitative estimate of drug-likeness (QED) is 0.803. The second-order valence-electron chi connectivity index (χ2n) is 5.47. The Morgan fingerprint density at radius 1 is 1.27 bits per heavy atom. The number of pyridine rings is 1. The number of carbonyl (C=O) groups is 1. The number of aryl methyl sites for hydroxylation is 1. The Kier molecular flexibility index (Phi) is 3.11. The smallest absolute Gasteiger partial charge is 0.258 e. The van der Waals surface area contributed by atoms with Crippen molar-refractivity contribution in [1.29, 1.82) is 0 Å². The van der Waals surface area contributed by atoms with Gasteiger partial charge in [-0.2, -0.15) is 0 Å². The van der Waals surface area contributed by atoms with Crippen LogP contribution in [0.4, 0.5) is 5.13 Å². The average molecular weight is 310 g/mol. The van der Waals surface area contributed by atoms with Crippen LogP contribution in [0.2, 0.25) is 0 Å². The number of hydrogen-bond donors (Lipinski definition) is 1. The average Bonchev–Trinajstić information content (AvgIpc) is 3.30. The number of carbonyl (C=O) groups excluding carboxylic acids is 1. The number of anilines is 1. The summed E-state index contributed by atoms with van der Waals surface area (Å²) in [4.78, 5) is 17.3. The van der Waals surface area contributed by atoms with E-state index in [4.69, 9.17) is 0 Å². The molecule has 1 saturated carbocycles. The van der Waals surface area contributed by atoms with Crippen LogP contribution >= 0.6 is 11.3 Å². The number of benzene rings is 1. The summed E-state index contributed by atoms with van der Waals surface area (Å²) in [7, 11) is 0. The van der Waals surface area contributed by atoms with Gasteiger partial charge >= 0.3 is 0 Å². The first-order valence-corrected chi connectivity index (χ1v) is 8.03.